The van der Waals surface area contributed by atoms with E-state index in [2.05, 4.69) is 39.8 Å². The van der Waals surface area contributed by atoms with E-state index in [9.17, 15) is 4.79 Å². The van der Waals surface area contributed by atoms with Crippen LogP contribution in [0.1, 0.15) is 59.4 Å². The molecule has 0 unspecified atom stereocenters. The summed E-state index contributed by atoms with van der Waals surface area (Å²) in [5, 5.41) is 0.645. The summed E-state index contributed by atoms with van der Waals surface area (Å²) in [6.07, 6.45) is 15.5. The number of rotatable bonds is 7. The fourth-order valence-electron chi connectivity index (χ4n) is 3.57. The predicted molar refractivity (Wildman–Crippen MR) is 127 cm³/mol. The smallest absolute Gasteiger partial charge is 0.331 e. The molecule has 1 radical (unpaired) electrons. The summed E-state index contributed by atoms with van der Waals surface area (Å²) in [7, 11) is 0. The van der Waals surface area contributed by atoms with Gasteiger partial charge in [-0.15, -0.1) is 0 Å². The molecular weight excluding hydrogens is 392 g/mol. The lowest BCUT2D eigenvalue weighted by Gasteiger charge is -2.32. The van der Waals surface area contributed by atoms with Crippen molar-refractivity contribution in [2.45, 2.75) is 53.9 Å². The van der Waals surface area contributed by atoms with E-state index in [0.717, 1.165) is 11.1 Å². The molecule has 2 rings (SSSR count). The number of hydrogen-bond donors (Lipinski definition) is 0. The Balaban J connectivity index is 1.89. The van der Waals surface area contributed by atoms with Crippen LogP contribution in [0.25, 0.3) is 0 Å². The molecule has 0 N–H and O–H groups in total. The van der Waals surface area contributed by atoms with Gasteiger partial charge in [-0.3, -0.25) is 0 Å². The number of halogens is 1. The van der Waals surface area contributed by atoms with Crippen molar-refractivity contribution < 1.29 is 9.53 Å². The summed E-state index contributed by atoms with van der Waals surface area (Å²) in [4.78, 5) is 11.9. The van der Waals surface area contributed by atoms with E-state index >= 15 is 0 Å². The Morgan fingerprint density at radius 1 is 1.10 bits per heavy atom. The van der Waals surface area contributed by atoms with Crippen molar-refractivity contribution >= 4 is 17.6 Å². The van der Waals surface area contributed by atoms with Crippen molar-refractivity contribution in [3.63, 3.8) is 0 Å². The van der Waals surface area contributed by atoms with Crippen molar-refractivity contribution in [1.82, 2.24) is 0 Å². The molecule has 0 heterocycles. The van der Waals surface area contributed by atoms with Gasteiger partial charge < -0.3 is 4.74 Å². The topological polar surface area (TPSA) is 26.3 Å². The maximum absolute atomic E-state index is 11.9. The van der Waals surface area contributed by atoms with Crippen LogP contribution >= 0.6 is 11.6 Å². The van der Waals surface area contributed by atoms with Crippen LogP contribution in [0.5, 0.6) is 0 Å². The minimum atomic E-state index is -0.408. The molecule has 0 bridgehead atoms. The third-order valence-electron chi connectivity index (χ3n) is 5.30. The van der Waals surface area contributed by atoms with Crippen LogP contribution in [0.4, 0.5) is 0 Å². The zero-order chi connectivity index (χ0) is 22.1. The quantitative estimate of drug-likeness (QED) is 0.253. The Hall–Kier alpha value is -2.32. The normalized spacial score (nSPS) is 17.8. The Morgan fingerprint density at radius 3 is 2.47 bits per heavy atom. The van der Waals surface area contributed by atoms with Crippen molar-refractivity contribution in [3.05, 3.63) is 100 Å². The molecule has 3 heteroatoms. The van der Waals surface area contributed by atoms with Crippen LogP contribution in [0.3, 0.4) is 0 Å². The van der Waals surface area contributed by atoms with Crippen LogP contribution in [0, 0.1) is 12.0 Å². The number of carbonyl (C=O) groups is 1. The zero-order valence-electron chi connectivity index (χ0n) is 18.7. The molecule has 0 amide bonds. The highest BCUT2D eigenvalue weighted by atomic mass is 35.5. The van der Waals surface area contributed by atoms with E-state index < -0.39 is 5.97 Å². The van der Waals surface area contributed by atoms with Gasteiger partial charge in [0.15, 0.2) is 6.61 Å². The molecule has 1 aromatic rings. The van der Waals surface area contributed by atoms with Crippen molar-refractivity contribution in [2.24, 2.45) is 5.41 Å². The van der Waals surface area contributed by atoms with Gasteiger partial charge in [-0.05, 0) is 74.3 Å². The van der Waals surface area contributed by atoms with Gasteiger partial charge in [0.05, 0.1) is 0 Å². The molecule has 1 aliphatic carbocycles. The molecule has 0 atom stereocenters. The summed E-state index contributed by atoms with van der Waals surface area (Å²) in [6.45, 7) is 12.3. The van der Waals surface area contributed by atoms with Crippen LogP contribution in [0.15, 0.2) is 83.0 Å². The van der Waals surface area contributed by atoms with Crippen molar-refractivity contribution in [3.8, 4) is 0 Å². The van der Waals surface area contributed by atoms with Crippen LogP contribution < -0.4 is 0 Å². The van der Waals surface area contributed by atoms with Gasteiger partial charge in [0.2, 0.25) is 0 Å². The molecule has 0 spiro atoms. The summed E-state index contributed by atoms with van der Waals surface area (Å²) >= 11 is 5.84. The zero-order valence-corrected chi connectivity index (χ0v) is 19.4. The second-order valence-electron chi connectivity index (χ2n) is 8.53. The maximum atomic E-state index is 11.9. The highest BCUT2D eigenvalue weighted by Gasteiger charge is 2.26. The van der Waals surface area contributed by atoms with Crippen molar-refractivity contribution in [1.29, 1.82) is 0 Å². The predicted octanol–water partition coefficient (Wildman–Crippen LogP) is 7.92. The highest BCUT2D eigenvalue weighted by Crippen LogP contribution is 2.40. The number of carbonyl (C=O) groups excluding carboxylic acids is 1. The van der Waals surface area contributed by atoms with Gasteiger partial charge in [-0.1, -0.05) is 79.1 Å². The minimum absolute atomic E-state index is 0.248. The average Bonchev–Trinajstić information content (AvgIpc) is 2.66. The summed E-state index contributed by atoms with van der Waals surface area (Å²) in [6, 6.07) is 7.08. The molecule has 1 aromatic carbocycles. The van der Waals surface area contributed by atoms with Gasteiger partial charge >= 0.3 is 5.97 Å². The average molecular weight is 424 g/mol. The number of ether oxygens (including phenoxy) is 1. The largest absolute Gasteiger partial charge is 0.450 e. The van der Waals surface area contributed by atoms with E-state index in [1.54, 1.807) is 24.3 Å². The summed E-state index contributed by atoms with van der Waals surface area (Å²) < 4.78 is 5.15. The first-order valence-corrected chi connectivity index (χ1v) is 10.8. The van der Waals surface area contributed by atoms with Crippen LogP contribution in [-0.2, 0) is 9.53 Å². The molecule has 0 fully saturated rings. The molecule has 0 aliphatic heterocycles. The number of hydrogen-bond acceptors (Lipinski definition) is 2. The van der Waals surface area contributed by atoms with Gasteiger partial charge in [0, 0.05) is 11.1 Å². The third kappa shape index (κ3) is 7.84. The lowest BCUT2D eigenvalue weighted by molar-refractivity contribution is -0.134. The van der Waals surface area contributed by atoms with E-state index in [4.69, 9.17) is 16.3 Å². The monoisotopic (exact) mass is 423 g/mol. The van der Waals surface area contributed by atoms with E-state index in [1.807, 2.05) is 25.2 Å². The first-order valence-electron chi connectivity index (χ1n) is 10.4. The van der Waals surface area contributed by atoms with Crippen LogP contribution in [-0.4, -0.2) is 5.97 Å². The van der Waals surface area contributed by atoms with Gasteiger partial charge in [-0.25, -0.2) is 4.79 Å². The molecule has 159 valence electrons. The fourth-order valence-corrected chi connectivity index (χ4v) is 3.69. The Labute approximate surface area is 186 Å². The van der Waals surface area contributed by atoms with E-state index in [1.165, 1.54) is 48.7 Å². The maximum Gasteiger partial charge on any atom is 0.331 e. The molecule has 0 aromatic heterocycles. The Morgan fingerprint density at radius 2 is 1.80 bits per heavy atom. The minimum Gasteiger partial charge on any atom is -0.450 e. The van der Waals surface area contributed by atoms with Crippen molar-refractivity contribution in [2.75, 3.05) is 0 Å². The lowest BCUT2D eigenvalue weighted by atomic mass is 9.72. The SMILES string of the molecule is CC1=C(/C=C/C(C)=C/C=C/C(C)=C/C(=O)O[CH]c2ccc(Cl)cc2)C(C)(C)CCC1. The van der Waals surface area contributed by atoms with Gasteiger partial charge in [-0.2, -0.15) is 0 Å². The Bertz CT molecular complexity index is 893. The molecule has 0 saturated heterocycles. The van der Waals surface area contributed by atoms with E-state index in [-0.39, 0.29) is 5.41 Å². The molecular formula is C27H32ClO2. The summed E-state index contributed by atoms with van der Waals surface area (Å²) in [5.74, 6) is -0.408. The second-order valence-corrected chi connectivity index (χ2v) is 8.97. The first-order chi connectivity index (χ1) is 14.2. The fraction of sp³-hybridized carbons (Fsp3) is 0.333. The van der Waals surface area contributed by atoms with Gasteiger partial charge in [0.25, 0.3) is 0 Å². The highest BCUT2D eigenvalue weighted by molar-refractivity contribution is 6.30. The molecule has 30 heavy (non-hydrogen) atoms. The van der Waals surface area contributed by atoms with Crippen LogP contribution in [0.2, 0.25) is 5.02 Å². The lowest BCUT2D eigenvalue weighted by Crippen LogP contribution is -2.19. The number of esters is 1. The Kier molecular flexibility index (Phi) is 8.92. The molecule has 2 nitrogen and oxygen atoms in total. The van der Waals surface area contributed by atoms with E-state index in [0.29, 0.717) is 5.02 Å². The number of benzene rings is 1. The third-order valence-corrected chi connectivity index (χ3v) is 5.55. The second kappa shape index (κ2) is 11.2. The molecule has 0 saturated carbocycles. The molecule has 1 aliphatic rings. The first kappa shape index (κ1) is 24.0. The van der Waals surface area contributed by atoms with Gasteiger partial charge in [0.1, 0.15) is 0 Å². The standard InChI is InChI=1S/C27H32ClO2/c1-20(11-16-25-22(3)10-7-17-27(25,4)5)8-6-9-21(2)18-26(29)30-19-23-12-14-24(28)15-13-23/h6,8-9,11-16,18-19H,7,10,17H2,1-5H3/b9-6+,16-11+,20-8+,21-18+. The number of allylic oxidation sites excluding steroid dienone is 9. The summed E-state index contributed by atoms with van der Waals surface area (Å²) in [5.41, 5.74) is 5.98.